The van der Waals surface area contributed by atoms with Crippen LogP contribution < -0.4 is 45.7 Å². The van der Waals surface area contributed by atoms with E-state index in [4.69, 9.17) is 27.5 Å². The van der Waals surface area contributed by atoms with Crippen LogP contribution >= 0.6 is 12.2 Å². The molecular formula is C13H13FN3NaO7S. The van der Waals surface area contributed by atoms with E-state index in [1.165, 1.54) is 0 Å². The topological polar surface area (TPSA) is 151 Å². The standard InChI is InChI=1S/C13H14FN3O7S.Na/c14-6(10(15)19)1-2-8(25)16-7-5-23-17(11(7)20)13(12(21)22)4-3-9(18)24-13;/h1,7H,2-5H2,(H2,15,19)(H,16,25)(H,21,22);/q;+1/p-1/b6-1-;/t7-,13?;/m0./s1. The predicted octanol–water partition coefficient (Wildman–Crippen LogP) is -5.44. The van der Waals surface area contributed by atoms with Gasteiger partial charge in [-0.3, -0.25) is 19.2 Å². The summed E-state index contributed by atoms with van der Waals surface area (Å²) in [7, 11) is 0. The van der Waals surface area contributed by atoms with Crippen molar-refractivity contribution < 1.29 is 67.8 Å². The third-order valence-electron chi connectivity index (χ3n) is 3.50. The fraction of sp³-hybridized carbons (Fsp3) is 0.462. The van der Waals surface area contributed by atoms with Gasteiger partial charge in [0.25, 0.3) is 17.5 Å². The molecule has 2 aliphatic heterocycles. The summed E-state index contributed by atoms with van der Waals surface area (Å²) in [5.41, 5.74) is 2.39. The Labute approximate surface area is 174 Å². The van der Waals surface area contributed by atoms with E-state index in [1.807, 2.05) is 0 Å². The minimum atomic E-state index is -2.33. The third-order valence-corrected chi connectivity index (χ3v) is 3.79. The number of ether oxygens (including phenoxy) is 1. The minimum Gasteiger partial charge on any atom is -0.544 e. The number of rotatable bonds is 6. The van der Waals surface area contributed by atoms with E-state index in [0.29, 0.717) is 5.06 Å². The number of nitrogens with zero attached hydrogens (tertiary/aromatic N) is 1. The number of halogens is 1. The summed E-state index contributed by atoms with van der Waals surface area (Å²) in [5, 5.41) is 14.3. The molecule has 0 radical (unpaired) electrons. The molecule has 10 nitrogen and oxygen atoms in total. The van der Waals surface area contributed by atoms with E-state index in [0.717, 1.165) is 6.08 Å². The van der Waals surface area contributed by atoms with Crippen LogP contribution in [0, 0.1) is 0 Å². The van der Waals surface area contributed by atoms with Gasteiger partial charge in [0, 0.05) is 12.8 Å². The van der Waals surface area contributed by atoms with Gasteiger partial charge >= 0.3 is 35.5 Å². The molecule has 0 aromatic carbocycles. The molecule has 2 rings (SSSR count). The number of carboxylic acids is 1. The van der Waals surface area contributed by atoms with Gasteiger partial charge in [-0.15, -0.1) is 0 Å². The number of aliphatic carboxylic acids is 1. The fourth-order valence-electron chi connectivity index (χ4n) is 2.28. The Morgan fingerprint density at radius 3 is 2.65 bits per heavy atom. The monoisotopic (exact) mass is 397 g/mol. The molecule has 0 aliphatic carbocycles. The molecule has 0 spiro atoms. The van der Waals surface area contributed by atoms with Gasteiger partial charge in [-0.1, -0.05) is 12.2 Å². The van der Waals surface area contributed by atoms with Crippen LogP contribution in [0.2, 0.25) is 0 Å². The second kappa shape index (κ2) is 8.86. The summed E-state index contributed by atoms with van der Waals surface area (Å²) in [5.74, 6) is -5.89. The second-order valence-corrected chi connectivity index (χ2v) is 5.71. The van der Waals surface area contributed by atoms with Crippen LogP contribution in [0.15, 0.2) is 11.9 Å². The quantitative estimate of drug-likeness (QED) is 0.194. The molecule has 136 valence electrons. The van der Waals surface area contributed by atoms with Crippen molar-refractivity contribution in [3.05, 3.63) is 11.9 Å². The van der Waals surface area contributed by atoms with Crippen molar-refractivity contribution >= 4 is 41.0 Å². The van der Waals surface area contributed by atoms with E-state index < -0.39 is 41.3 Å². The third kappa shape index (κ3) is 4.57. The Kier molecular flexibility index (Phi) is 7.65. The van der Waals surface area contributed by atoms with Crippen molar-refractivity contribution in [1.29, 1.82) is 0 Å². The zero-order valence-corrected chi connectivity index (χ0v) is 16.5. The van der Waals surface area contributed by atoms with Gasteiger partial charge < -0.3 is 25.7 Å². The zero-order valence-electron chi connectivity index (χ0n) is 13.7. The molecule has 2 fully saturated rings. The normalized spacial score (nSPS) is 25.5. The van der Waals surface area contributed by atoms with E-state index in [2.05, 4.69) is 5.32 Å². The number of cyclic esters (lactones) is 1. The number of carboxylic acid groups (broad SMARTS) is 1. The number of hydrogen-bond acceptors (Lipinski definition) is 8. The molecule has 0 bridgehead atoms. The predicted molar refractivity (Wildman–Crippen MR) is 78.4 cm³/mol. The number of carbonyl (C=O) groups excluding carboxylic acids is 4. The summed E-state index contributed by atoms with van der Waals surface area (Å²) in [6.07, 6.45) is 0.0874. The number of hydroxylamine groups is 2. The summed E-state index contributed by atoms with van der Waals surface area (Å²) in [4.78, 5) is 50.5. The van der Waals surface area contributed by atoms with Gasteiger partial charge in [0.2, 0.25) is 0 Å². The van der Waals surface area contributed by atoms with Crippen molar-refractivity contribution in [2.45, 2.75) is 31.0 Å². The van der Waals surface area contributed by atoms with Crippen LogP contribution in [0.4, 0.5) is 4.39 Å². The number of esters is 1. The van der Waals surface area contributed by atoms with Crippen molar-refractivity contribution in [3.63, 3.8) is 0 Å². The first-order chi connectivity index (χ1) is 11.7. The first-order valence-electron chi connectivity index (χ1n) is 7.02. The van der Waals surface area contributed by atoms with Crippen molar-refractivity contribution in [3.8, 4) is 0 Å². The maximum atomic E-state index is 13.0. The molecule has 0 aromatic rings. The number of carbonyl (C=O) groups is 4. The van der Waals surface area contributed by atoms with Crippen LogP contribution in [-0.4, -0.2) is 52.2 Å². The molecule has 2 heterocycles. The number of thiocarbonyl (C=S) groups is 1. The zero-order chi connectivity index (χ0) is 18.8. The van der Waals surface area contributed by atoms with Crippen molar-refractivity contribution in [2.75, 3.05) is 6.61 Å². The van der Waals surface area contributed by atoms with Crippen LogP contribution in [0.5, 0.6) is 0 Å². The Bertz CT molecular complexity index is 689. The molecule has 0 saturated carbocycles. The van der Waals surface area contributed by atoms with Crippen LogP contribution in [-0.2, 0) is 28.8 Å². The number of nitrogens with one attached hydrogen (secondary N) is 1. The Morgan fingerprint density at radius 2 is 2.15 bits per heavy atom. The molecule has 0 aromatic heterocycles. The van der Waals surface area contributed by atoms with Crippen molar-refractivity contribution in [2.24, 2.45) is 5.73 Å². The molecule has 2 atom stereocenters. The van der Waals surface area contributed by atoms with E-state index >= 15 is 0 Å². The van der Waals surface area contributed by atoms with Crippen LogP contribution in [0.3, 0.4) is 0 Å². The molecule has 2 aliphatic rings. The summed E-state index contributed by atoms with van der Waals surface area (Å²) < 4.78 is 17.7. The van der Waals surface area contributed by atoms with E-state index in [9.17, 15) is 28.7 Å². The van der Waals surface area contributed by atoms with Gasteiger partial charge in [0.1, 0.15) is 18.6 Å². The van der Waals surface area contributed by atoms with E-state index in [-0.39, 0.29) is 60.4 Å². The van der Waals surface area contributed by atoms with Gasteiger partial charge in [-0.25, -0.2) is 4.39 Å². The molecule has 2 amide bonds. The number of hydrogen-bond donors (Lipinski definition) is 2. The first-order valence-corrected chi connectivity index (χ1v) is 7.43. The average Bonchev–Trinajstić information content (AvgIpc) is 3.09. The average molecular weight is 397 g/mol. The van der Waals surface area contributed by atoms with E-state index in [1.54, 1.807) is 0 Å². The van der Waals surface area contributed by atoms with Gasteiger partial charge in [0.05, 0.1) is 11.4 Å². The summed E-state index contributed by atoms with van der Waals surface area (Å²) >= 11 is 4.91. The van der Waals surface area contributed by atoms with Gasteiger partial charge in [-0.2, -0.15) is 5.06 Å². The van der Waals surface area contributed by atoms with Crippen LogP contribution in [0.1, 0.15) is 19.3 Å². The second-order valence-electron chi connectivity index (χ2n) is 5.21. The Morgan fingerprint density at radius 1 is 1.50 bits per heavy atom. The summed E-state index contributed by atoms with van der Waals surface area (Å²) in [6.45, 7) is -0.298. The van der Waals surface area contributed by atoms with Crippen LogP contribution in [0.25, 0.3) is 0 Å². The number of amides is 2. The SMILES string of the molecule is NC(=O)/C(F)=C/CC(=S)N[C@H]1CON(C2(C(=O)[O-])CCC(=O)O2)C1=O.[Na+]. The molecule has 13 heteroatoms. The molecule has 3 N–H and O–H groups in total. The van der Waals surface area contributed by atoms with Crippen molar-refractivity contribution in [1.82, 2.24) is 10.4 Å². The molecule has 26 heavy (non-hydrogen) atoms. The smallest absolute Gasteiger partial charge is 0.544 e. The fourth-order valence-corrected chi connectivity index (χ4v) is 2.50. The largest absolute Gasteiger partial charge is 1.00 e. The number of primary amides is 1. The minimum absolute atomic E-state index is 0. The molecule has 1 unspecified atom stereocenters. The van der Waals surface area contributed by atoms with Gasteiger partial charge in [-0.05, 0) is 6.08 Å². The maximum Gasteiger partial charge on any atom is 1.00 e. The maximum absolute atomic E-state index is 13.0. The first kappa shape index (κ1) is 22.4. The number of nitrogens with two attached hydrogens (primary N) is 1. The molecular weight excluding hydrogens is 384 g/mol. The Balaban J connectivity index is 0.00000338. The van der Waals surface area contributed by atoms with Gasteiger partial charge in [0.15, 0.2) is 5.83 Å². The Hall–Kier alpha value is -1.60. The summed E-state index contributed by atoms with van der Waals surface area (Å²) in [6, 6.07) is -1.08. The molecule has 2 saturated heterocycles.